The van der Waals surface area contributed by atoms with Gasteiger partial charge in [0.25, 0.3) is 0 Å². The fraction of sp³-hybridized carbons (Fsp3) is 0.846. The van der Waals surface area contributed by atoms with E-state index >= 15 is 0 Å². The molecule has 0 radical (unpaired) electrons. The molecule has 1 fully saturated rings. The Hall–Kier alpha value is -0.510. The summed E-state index contributed by atoms with van der Waals surface area (Å²) in [7, 11) is 1.74. The van der Waals surface area contributed by atoms with Crippen LogP contribution in [0.25, 0.3) is 0 Å². The number of halogens is 3. The number of hydrogen-bond donors (Lipinski definition) is 1. The lowest BCUT2D eigenvalue weighted by atomic mass is 9.74. The predicted octanol–water partition coefficient (Wildman–Crippen LogP) is 3.91. The molecule has 1 N–H and O–H groups in total. The second-order valence-corrected chi connectivity index (χ2v) is 5.15. The van der Waals surface area contributed by atoms with Crippen LogP contribution < -0.4 is 5.32 Å². The Bertz CT molecular complexity index is 266. The zero-order valence-electron chi connectivity index (χ0n) is 10.8. The normalized spacial score (nSPS) is 27.6. The van der Waals surface area contributed by atoms with Crippen molar-refractivity contribution < 1.29 is 13.2 Å². The Balaban J connectivity index is 2.86. The van der Waals surface area contributed by atoms with Crippen LogP contribution in [-0.2, 0) is 0 Å². The van der Waals surface area contributed by atoms with E-state index in [9.17, 15) is 13.2 Å². The Morgan fingerprint density at radius 2 is 1.82 bits per heavy atom. The van der Waals surface area contributed by atoms with E-state index in [0.29, 0.717) is 12.8 Å². The second-order valence-electron chi connectivity index (χ2n) is 5.15. The first-order valence-corrected chi connectivity index (χ1v) is 6.25. The third kappa shape index (κ3) is 4.02. The van der Waals surface area contributed by atoms with Gasteiger partial charge < -0.3 is 5.32 Å². The average molecular weight is 249 g/mol. The second kappa shape index (κ2) is 5.89. The summed E-state index contributed by atoms with van der Waals surface area (Å²) in [5, 5.41) is 3.03. The van der Waals surface area contributed by atoms with Crippen molar-refractivity contribution in [2.24, 2.45) is 11.8 Å². The highest BCUT2D eigenvalue weighted by molar-refractivity contribution is 5.05. The van der Waals surface area contributed by atoms with Crippen LogP contribution in [0.1, 0.15) is 39.5 Å². The fourth-order valence-corrected chi connectivity index (χ4v) is 2.78. The summed E-state index contributed by atoms with van der Waals surface area (Å²) in [6, 6.07) is -0.160. The molecule has 1 aliphatic carbocycles. The van der Waals surface area contributed by atoms with Gasteiger partial charge >= 0.3 is 6.18 Å². The first kappa shape index (κ1) is 14.6. The number of likely N-dealkylation sites (N-methyl/N-ethyl adjacent to an activating group) is 1. The molecule has 0 aromatic rings. The molecular weight excluding hydrogens is 227 g/mol. The van der Waals surface area contributed by atoms with E-state index in [4.69, 9.17) is 0 Å². The third-order valence-corrected chi connectivity index (χ3v) is 3.55. The molecule has 3 unspecified atom stereocenters. The third-order valence-electron chi connectivity index (χ3n) is 3.55. The molecule has 0 aromatic heterocycles. The van der Waals surface area contributed by atoms with Crippen LogP contribution in [-0.4, -0.2) is 19.3 Å². The molecule has 0 bridgehead atoms. The lowest BCUT2D eigenvalue weighted by Gasteiger charge is -2.37. The standard InChI is InChI=1S/C13H22F3N/c1-9(2)8-12(17-3)10-6-4-5-7-11(10)13(14,15)16/h8,10-12,17H,4-7H2,1-3H3. The molecule has 0 aliphatic heterocycles. The molecule has 4 heteroatoms. The molecule has 1 aliphatic rings. The first-order chi connectivity index (χ1) is 7.86. The summed E-state index contributed by atoms with van der Waals surface area (Å²) in [6.07, 6.45) is 0.421. The fourth-order valence-electron chi connectivity index (χ4n) is 2.78. The van der Waals surface area contributed by atoms with Gasteiger partial charge in [-0.3, -0.25) is 0 Å². The highest BCUT2D eigenvalue weighted by Gasteiger charge is 2.47. The molecule has 3 atom stereocenters. The minimum atomic E-state index is -4.06. The SMILES string of the molecule is CNC(C=C(C)C)C1CCCCC1C(F)(F)F. The zero-order valence-corrected chi connectivity index (χ0v) is 10.8. The lowest BCUT2D eigenvalue weighted by Crippen LogP contribution is -2.43. The summed E-state index contributed by atoms with van der Waals surface area (Å²) >= 11 is 0. The van der Waals surface area contributed by atoms with E-state index in [1.165, 1.54) is 0 Å². The minimum absolute atomic E-state index is 0.160. The molecule has 17 heavy (non-hydrogen) atoms. The molecule has 100 valence electrons. The summed E-state index contributed by atoms with van der Waals surface area (Å²) in [4.78, 5) is 0. The minimum Gasteiger partial charge on any atom is -0.313 e. The quantitative estimate of drug-likeness (QED) is 0.748. The Kier molecular flexibility index (Phi) is 5.04. The van der Waals surface area contributed by atoms with Gasteiger partial charge in [0.05, 0.1) is 5.92 Å². The maximum absolute atomic E-state index is 13.0. The van der Waals surface area contributed by atoms with Crippen LogP contribution in [0.4, 0.5) is 13.2 Å². The Labute approximate surface area is 101 Å². The molecule has 0 saturated heterocycles. The van der Waals surface area contributed by atoms with E-state index in [2.05, 4.69) is 5.32 Å². The van der Waals surface area contributed by atoms with Crippen molar-refractivity contribution in [2.45, 2.75) is 51.7 Å². The van der Waals surface area contributed by atoms with E-state index in [1.807, 2.05) is 19.9 Å². The van der Waals surface area contributed by atoms with Gasteiger partial charge in [-0.2, -0.15) is 13.2 Å². The van der Waals surface area contributed by atoms with Crippen LogP contribution in [0.3, 0.4) is 0 Å². The molecule has 0 aromatic carbocycles. The van der Waals surface area contributed by atoms with Gasteiger partial charge in [0.15, 0.2) is 0 Å². The summed E-state index contributed by atoms with van der Waals surface area (Å²) in [5.74, 6) is -1.46. The summed E-state index contributed by atoms with van der Waals surface area (Å²) in [6.45, 7) is 3.85. The first-order valence-electron chi connectivity index (χ1n) is 6.25. The largest absolute Gasteiger partial charge is 0.392 e. The highest BCUT2D eigenvalue weighted by atomic mass is 19.4. The maximum Gasteiger partial charge on any atom is 0.392 e. The Morgan fingerprint density at radius 1 is 1.24 bits per heavy atom. The maximum atomic E-state index is 13.0. The molecule has 1 nitrogen and oxygen atoms in total. The highest BCUT2D eigenvalue weighted by Crippen LogP contribution is 2.43. The van der Waals surface area contributed by atoms with Gasteiger partial charge in [0, 0.05) is 6.04 Å². The van der Waals surface area contributed by atoms with E-state index in [1.54, 1.807) is 7.05 Å². The molecule has 0 amide bonds. The van der Waals surface area contributed by atoms with Crippen molar-refractivity contribution in [1.29, 1.82) is 0 Å². The summed E-state index contributed by atoms with van der Waals surface area (Å²) < 4.78 is 38.9. The van der Waals surface area contributed by atoms with Gasteiger partial charge in [-0.05, 0) is 39.7 Å². The monoisotopic (exact) mass is 249 g/mol. The lowest BCUT2D eigenvalue weighted by molar-refractivity contribution is -0.197. The number of alkyl halides is 3. The Morgan fingerprint density at radius 3 is 2.29 bits per heavy atom. The van der Waals surface area contributed by atoms with Crippen molar-refractivity contribution >= 4 is 0 Å². The van der Waals surface area contributed by atoms with Crippen molar-refractivity contribution in [3.63, 3.8) is 0 Å². The predicted molar refractivity (Wildman–Crippen MR) is 63.8 cm³/mol. The molecular formula is C13H22F3N. The van der Waals surface area contributed by atoms with Crippen LogP contribution in [0.15, 0.2) is 11.6 Å². The summed E-state index contributed by atoms with van der Waals surface area (Å²) in [5.41, 5.74) is 1.07. The van der Waals surface area contributed by atoms with E-state index < -0.39 is 12.1 Å². The van der Waals surface area contributed by atoms with Gasteiger partial charge in [-0.15, -0.1) is 0 Å². The smallest absolute Gasteiger partial charge is 0.313 e. The van der Waals surface area contributed by atoms with Gasteiger partial charge in [-0.25, -0.2) is 0 Å². The molecule has 0 heterocycles. The van der Waals surface area contributed by atoms with Gasteiger partial charge in [0.2, 0.25) is 0 Å². The number of rotatable bonds is 3. The van der Waals surface area contributed by atoms with Crippen LogP contribution in [0.2, 0.25) is 0 Å². The van der Waals surface area contributed by atoms with E-state index in [0.717, 1.165) is 12.0 Å². The van der Waals surface area contributed by atoms with E-state index in [-0.39, 0.29) is 18.4 Å². The molecule has 0 spiro atoms. The number of hydrogen-bond acceptors (Lipinski definition) is 1. The van der Waals surface area contributed by atoms with Gasteiger partial charge in [-0.1, -0.05) is 24.5 Å². The number of allylic oxidation sites excluding steroid dienone is 1. The molecule has 1 rings (SSSR count). The number of nitrogens with one attached hydrogen (secondary N) is 1. The van der Waals surface area contributed by atoms with Crippen LogP contribution in [0, 0.1) is 11.8 Å². The topological polar surface area (TPSA) is 12.0 Å². The zero-order chi connectivity index (χ0) is 13.1. The van der Waals surface area contributed by atoms with Crippen LogP contribution in [0.5, 0.6) is 0 Å². The van der Waals surface area contributed by atoms with Crippen molar-refractivity contribution in [3.05, 3.63) is 11.6 Å². The van der Waals surface area contributed by atoms with Gasteiger partial charge in [0.1, 0.15) is 0 Å². The van der Waals surface area contributed by atoms with Crippen molar-refractivity contribution in [3.8, 4) is 0 Å². The molecule has 1 saturated carbocycles. The average Bonchev–Trinajstić information content (AvgIpc) is 2.24. The van der Waals surface area contributed by atoms with Crippen molar-refractivity contribution in [2.75, 3.05) is 7.05 Å². The van der Waals surface area contributed by atoms with Crippen molar-refractivity contribution in [1.82, 2.24) is 5.32 Å². The van der Waals surface area contributed by atoms with Crippen LogP contribution >= 0.6 is 0 Å².